The van der Waals surface area contributed by atoms with Crippen LogP contribution in [0.4, 0.5) is 0 Å². The Morgan fingerprint density at radius 1 is 1.50 bits per heavy atom. The van der Waals surface area contributed by atoms with Crippen molar-refractivity contribution in [3.8, 4) is 0 Å². The van der Waals surface area contributed by atoms with Crippen molar-refractivity contribution < 1.29 is 0 Å². The van der Waals surface area contributed by atoms with Gasteiger partial charge in [-0.05, 0) is 31.6 Å². The quantitative estimate of drug-likeness (QED) is 0.573. The highest BCUT2D eigenvalue weighted by Crippen LogP contribution is 2.07. The van der Waals surface area contributed by atoms with Crippen molar-refractivity contribution in [2.24, 2.45) is 0 Å². The summed E-state index contributed by atoms with van der Waals surface area (Å²) in [6.07, 6.45) is 3.87. The minimum atomic E-state index is 1.06. The Balaban J connectivity index is 2.96. The van der Waals surface area contributed by atoms with Crippen LogP contribution in [-0.4, -0.2) is 4.98 Å². The van der Waals surface area contributed by atoms with Gasteiger partial charge >= 0.3 is 0 Å². The van der Waals surface area contributed by atoms with E-state index in [9.17, 15) is 0 Å². The van der Waals surface area contributed by atoms with Crippen molar-refractivity contribution in [2.45, 2.75) is 13.8 Å². The zero-order valence-electron chi connectivity index (χ0n) is 6.33. The summed E-state index contributed by atoms with van der Waals surface area (Å²) in [4.78, 5) is 4.18. The van der Waals surface area contributed by atoms with Gasteiger partial charge in [0.05, 0.1) is 5.69 Å². The molecule has 1 heteroatoms. The van der Waals surface area contributed by atoms with Crippen LogP contribution in [0.15, 0.2) is 30.5 Å². The van der Waals surface area contributed by atoms with Crippen LogP contribution in [0.2, 0.25) is 0 Å². The normalized spacial score (nSPS) is 11.6. The van der Waals surface area contributed by atoms with Crippen molar-refractivity contribution in [1.82, 2.24) is 4.98 Å². The molecule has 10 heavy (non-hydrogen) atoms. The molecule has 0 saturated heterocycles. The maximum atomic E-state index is 4.18. The first-order chi connectivity index (χ1) is 4.84. The molecule has 0 unspecified atom stereocenters. The lowest BCUT2D eigenvalue weighted by atomic mass is 10.2. The predicted molar refractivity (Wildman–Crippen MR) is 43.6 cm³/mol. The molecule has 52 valence electrons. The van der Waals surface area contributed by atoms with Gasteiger partial charge in [-0.25, -0.2) is 0 Å². The third-order valence-corrected chi connectivity index (χ3v) is 1.50. The predicted octanol–water partition coefficient (Wildman–Crippen LogP) is 2.50. The Morgan fingerprint density at radius 2 is 2.30 bits per heavy atom. The first-order valence-electron chi connectivity index (χ1n) is 3.39. The largest absolute Gasteiger partial charge is 0.257 e. The van der Waals surface area contributed by atoms with Crippen LogP contribution in [0.25, 0.3) is 5.57 Å². The molecule has 1 nitrogen and oxygen atoms in total. The molecule has 1 aromatic rings. The van der Waals surface area contributed by atoms with Crippen LogP contribution >= 0.6 is 0 Å². The van der Waals surface area contributed by atoms with Gasteiger partial charge in [-0.3, -0.25) is 4.98 Å². The molecular formula is C9H11N. The number of rotatable bonds is 1. The van der Waals surface area contributed by atoms with Gasteiger partial charge in [0, 0.05) is 6.20 Å². The highest BCUT2D eigenvalue weighted by atomic mass is 14.7. The van der Waals surface area contributed by atoms with Crippen LogP contribution in [0.3, 0.4) is 0 Å². The number of hydrogen-bond acceptors (Lipinski definition) is 1. The molecule has 0 fully saturated rings. The van der Waals surface area contributed by atoms with Gasteiger partial charge in [0.2, 0.25) is 0 Å². The first kappa shape index (κ1) is 7.00. The lowest BCUT2D eigenvalue weighted by molar-refractivity contribution is 1.26. The molecular weight excluding hydrogens is 122 g/mol. The van der Waals surface area contributed by atoms with E-state index in [1.165, 1.54) is 5.57 Å². The van der Waals surface area contributed by atoms with E-state index in [4.69, 9.17) is 0 Å². The molecule has 0 radical (unpaired) electrons. The summed E-state index contributed by atoms with van der Waals surface area (Å²) in [5, 5.41) is 0. The van der Waals surface area contributed by atoms with Crippen molar-refractivity contribution in [3.63, 3.8) is 0 Å². The standard InChI is InChI=1S/C9H11N/c1-3-8(2)9-6-4-5-7-10-9/h3-7H,1-2H3/b8-3-. The fourth-order valence-corrected chi connectivity index (χ4v) is 0.744. The van der Waals surface area contributed by atoms with Gasteiger partial charge in [-0.15, -0.1) is 0 Å². The molecule has 1 rings (SSSR count). The average Bonchev–Trinajstić information content (AvgIpc) is 2.05. The van der Waals surface area contributed by atoms with Gasteiger partial charge in [0.1, 0.15) is 0 Å². The molecule has 0 N–H and O–H groups in total. The minimum absolute atomic E-state index is 1.06. The number of aromatic nitrogens is 1. The van der Waals surface area contributed by atoms with E-state index in [-0.39, 0.29) is 0 Å². The van der Waals surface area contributed by atoms with Crippen LogP contribution in [0, 0.1) is 0 Å². The van der Waals surface area contributed by atoms with E-state index >= 15 is 0 Å². The molecule has 0 bridgehead atoms. The average molecular weight is 133 g/mol. The van der Waals surface area contributed by atoms with E-state index in [2.05, 4.69) is 18.0 Å². The maximum Gasteiger partial charge on any atom is 0.0655 e. The van der Waals surface area contributed by atoms with Gasteiger partial charge in [0.15, 0.2) is 0 Å². The minimum Gasteiger partial charge on any atom is -0.257 e. The Bertz CT molecular complexity index is 224. The third-order valence-electron chi connectivity index (χ3n) is 1.50. The molecule has 0 aliphatic carbocycles. The molecule has 1 heterocycles. The van der Waals surface area contributed by atoms with Gasteiger partial charge in [0.25, 0.3) is 0 Å². The van der Waals surface area contributed by atoms with E-state index < -0.39 is 0 Å². The summed E-state index contributed by atoms with van der Waals surface area (Å²) >= 11 is 0. The van der Waals surface area contributed by atoms with Crippen LogP contribution < -0.4 is 0 Å². The second-order valence-electron chi connectivity index (χ2n) is 2.19. The zero-order valence-corrected chi connectivity index (χ0v) is 6.33. The molecule has 0 aromatic carbocycles. The number of allylic oxidation sites excluding steroid dienone is 2. The molecule has 0 aliphatic heterocycles. The molecule has 0 spiro atoms. The molecule has 0 saturated carbocycles. The van der Waals surface area contributed by atoms with Crippen LogP contribution in [0.5, 0.6) is 0 Å². The van der Waals surface area contributed by atoms with Crippen molar-refractivity contribution in [2.75, 3.05) is 0 Å². The van der Waals surface area contributed by atoms with Gasteiger partial charge < -0.3 is 0 Å². The Kier molecular flexibility index (Phi) is 2.21. The van der Waals surface area contributed by atoms with E-state index in [0.717, 1.165) is 5.69 Å². The second kappa shape index (κ2) is 3.16. The topological polar surface area (TPSA) is 12.9 Å². The fourth-order valence-electron chi connectivity index (χ4n) is 0.744. The highest BCUT2D eigenvalue weighted by Gasteiger charge is 1.90. The monoisotopic (exact) mass is 133 g/mol. The van der Waals surface area contributed by atoms with Gasteiger partial charge in [-0.2, -0.15) is 0 Å². The summed E-state index contributed by atoms with van der Waals surface area (Å²) < 4.78 is 0. The SMILES string of the molecule is C/C=C(/C)c1ccccn1. The lowest BCUT2D eigenvalue weighted by Crippen LogP contribution is -1.81. The van der Waals surface area contributed by atoms with Crippen LogP contribution in [0.1, 0.15) is 19.5 Å². The Labute approximate surface area is 61.4 Å². The Morgan fingerprint density at radius 3 is 2.80 bits per heavy atom. The van der Waals surface area contributed by atoms with Crippen molar-refractivity contribution in [1.29, 1.82) is 0 Å². The first-order valence-corrected chi connectivity index (χ1v) is 3.39. The molecule has 1 aromatic heterocycles. The zero-order chi connectivity index (χ0) is 7.40. The maximum absolute atomic E-state index is 4.18. The molecule has 0 atom stereocenters. The summed E-state index contributed by atoms with van der Waals surface area (Å²) in [6.45, 7) is 4.08. The fraction of sp³-hybridized carbons (Fsp3) is 0.222. The van der Waals surface area contributed by atoms with Crippen LogP contribution in [-0.2, 0) is 0 Å². The highest BCUT2D eigenvalue weighted by molar-refractivity contribution is 5.59. The number of nitrogens with zero attached hydrogens (tertiary/aromatic N) is 1. The summed E-state index contributed by atoms with van der Waals surface area (Å²) in [5.41, 5.74) is 2.28. The summed E-state index contributed by atoms with van der Waals surface area (Å²) in [7, 11) is 0. The van der Waals surface area contributed by atoms with Crippen molar-refractivity contribution >= 4 is 5.57 Å². The smallest absolute Gasteiger partial charge is 0.0655 e. The van der Waals surface area contributed by atoms with E-state index in [1.807, 2.05) is 31.3 Å². The number of hydrogen-bond donors (Lipinski definition) is 0. The third kappa shape index (κ3) is 1.44. The summed E-state index contributed by atoms with van der Waals surface area (Å²) in [6, 6.07) is 5.93. The molecule has 0 aliphatic rings. The van der Waals surface area contributed by atoms with Crippen molar-refractivity contribution in [3.05, 3.63) is 36.2 Å². The Hall–Kier alpha value is -1.11. The second-order valence-corrected chi connectivity index (χ2v) is 2.19. The van der Waals surface area contributed by atoms with Gasteiger partial charge in [-0.1, -0.05) is 12.1 Å². The summed E-state index contributed by atoms with van der Waals surface area (Å²) in [5.74, 6) is 0. The molecule has 0 amide bonds. The number of pyridine rings is 1. The lowest BCUT2D eigenvalue weighted by Gasteiger charge is -1.95. The van der Waals surface area contributed by atoms with E-state index in [1.54, 1.807) is 0 Å². The van der Waals surface area contributed by atoms with E-state index in [0.29, 0.717) is 0 Å².